The largest absolute Gasteiger partial charge is 0.443 e. The number of imidazole rings is 2. The number of hydrogen-bond donors (Lipinski definition) is 1. The zero-order valence-corrected chi connectivity index (χ0v) is 10.1. The highest BCUT2D eigenvalue weighted by molar-refractivity contribution is 5.70. The Labute approximate surface area is 99.7 Å². The molecule has 2 aromatic heterocycles. The van der Waals surface area contributed by atoms with Gasteiger partial charge in [0.15, 0.2) is 0 Å². The van der Waals surface area contributed by atoms with Crippen molar-refractivity contribution >= 4 is 6.09 Å². The third-order valence-electron chi connectivity index (χ3n) is 1.51. The van der Waals surface area contributed by atoms with E-state index in [4.69, 9.17) is 4.74 Å². The lowest BCUT2D eigenvalue weighted by Gasteiger charge is -2.18. The van der Waals surface area contributed by atoms with Crippen LogP contribution in [0.2, 0.25) is 0 Å². The highest BCUT2D eigenvalue weighted by Crippen LogP contribution is 2.08. The van der Waals surface area contributed by atoms with Crippen LogP contribution in [0, 0.1) is 0 Å². The Kier molecular flexibility index (Phi) is 4.45. The van der Waals surface area contributed by atoms with Crippen LogP contribution in [-0.4, -0.2) is 31.2 Å². The first-order valence-electron chi connectivity index (χ1n) is 5.13. The molecule has 0 atom stereocenters. The summed E-state index contributed by atoms with van der Waals surface area (Å²) in [5.41, 5.74) is -0.457. The van der Waals surface area contributed by atoms with Crippen LogP contribution in [-0.2, 0) is 4.74 Å². The molecule has 2 rings (SSSR count). The average molecular weight is 236 g/mol. The first-order chi connectivity index (χ1) is 7.99. The van der Waals surface area contributed by atoms with Crippen molar-refractivity contribution in [3.05, 3.63) is 37.4 Å². The van der Waals surface area contributed by atoms with Crippen LogP contribution in [0.1, 0.15) is 20.8 Å². The van der Waals surface area contributed by atoms with Crippen molar-refractivity contribution in [3.8, 4) is 0 Å². The van der Waals surface area contributed by atoms with Crippen LogP contribution in [0.5, 0.6) is 0 Å². The summed E-state index contributed by atoms with van der Waals surface area (Å²) in [6.45, 7) is 5.46. The molecule has 0 aliphatic heterocycles. The van der Waals surface area contributed by atoms with E-state index < -0.39 is 11.7 Å². The van der Waals surface area contributed by atoms with Crippen molar-refractivity contribution in [1.29, 1.82) is 0 Å². The topological polar surface area (TPSA) is 72.8 Å². The molecule has 0 bridgehead atoms. The molecule has 0 aliphatic rings. The summed E-state index contributed by atoms with van der Waals surface area (Å²) in [5.74, 6) is 0. The molecule has 0 aliphatic carbocycles. The summed E-state index contributed by atoms with van der Waals surface area (Å²) >= 11 is 0. The summed E-state index contributed by atoms with van der Waals surface area (Å²) in [6, 6.07) is 0. The van der Waals surface area contributed by atoms with Gasteiger partial charge in [0, 0.05) is 24.8 Å². The van der Waals surface area contributed by atoms with Crippen molar-refractivity contribution in [2.45, 2.75) is 26.4 Å². The van der Waals surface area contributed by atoms with E-state index in [1.54, 1.807) is 24.9 Å². The number of nitrogens with zero attached hydrogens (tertiary/aromatic N) is 3. The van der Waals surface area contributed by atoms with Crippen molar-refractivity contribution < 1.29 is 9.53 Å². The molecule has 0 amide bonds. The van der Waals surface area contributed by atoms with Gasteiger partial charge in [0.1, 0.15) is 11.9 Å². The molecule has 0 radical (unpaired) electrons. The second-order valence-electron chi connectivity index (χ2n) is 4.21. The summed E-state index contributed by atoms with van der Waals surface area (Å²) in [5, 5.41) is 0. The van der Waals surface area contributed by atoms with E-state index in [-0.39, 0.29) is 0 Å². The molecule has 0 fully saturated rings. The maximum absolute atomic E-state index is 11.2. The van der Waals surface area contributed by atoms with Crippen molar-refractivity contribution in [2.75, 3.05) is 0 Å². The number of rotatable bonds is 0. The highest BCUT2D eigenvalue weighted by atomic mass is 16.6. The van der Waals surface area contributed by atoms with Gasteiger partial charge in [0.25, 0.3) is 0 Å². The van der Waals surface area contributed by atoms with Gasteiger partial charge in [0.2, 0.25) is 0 Å². The van der Waals surface area contributed by atoms with Gasteiger partial charge >= 0.3 is 6.09 Å². The Morgan fingerprint density at radius 3 is 2.41 bits per heavy atom. The predicted octanol–water partition coefficient (Wildman–Crippen LogP) is 2.08. The van der Waals surface area contributed by atoms with Crippen molar-refractivity contribution in [1.82, 2.24) is 19.5 Å². The molecule has 2 heterocycles. The zero-order valence-electron chi connectivity index (χ0n) is 10.1. The minimum absolute atomic E-state index is 0.403. The van der Waals surface area contributed by atoms with Gasteiger partial charge in [-0.25, -0.2) is 19.3 Å². The summed E-state index contributed by atoms with van der Waals surface area (Å²) in [6.07, 6.45) is 9.17. The van der Waals surface area contributed by atoms with Crippen LogP contribution in [0.4, 0.5) is 4.79 Å². The average Bonchev–Trinajstić information content (AvgIpc) is 2.93. The Morgan fingerprint density at radius 2 is 2.06 bits per heavy atom. The molecule has 0 spiro atoms. The van der Waals surface area contributed by atoms with Gasteiger partial charge < -0.3 is 9.72 Å². The Balaban J connectivity index is 0.000000239. The third-order valence-corrected chi connectivity index (χ3v) is 1.51. The van der Waals surface area contributed by atoms with Gasteiger partial charge in [-0.15, -0.1) is 0 Å². The van der Waals surface area contributed by atoms with Crippen molar-refractivity contribution in [3.63, 3.8) is 0 Å². The molecule has 92 valence electrons. The number of H-pyrrole nitrogens is 1. The number of aromatic amines is 1. The SMILES string of the molecule is CC(C)(C)OC(=O)n1ccnc1.c1c[nH]cn1. The Bertz CT molecular complexity index is 398. The third kappa shape index (κ3) is 5.50. The first kappa shape index (κ1) is 13.0. The number of hydrogen-bond acceptors (Lipinski definition) is 4. The normalized spacial score (nSPS) is 10.3. The van der Waals surface area contributed by atoms with E-state index in [0.717, 1.165) is 0 Å². The first-order valence-corrected chi connectivity index (χ1v) is 5.13. The van der Waals surface area contributed by atoms with Gasteiger partial charge in [-0.2, -0.15) is 0 Å². The molecule has 1 N–H and O–H groups in total. The van der Waals surface area contributed by atoms with Crippen LogP contribution < -0.4 is 0 Å². The molecule has 0 aromatic carbocycles. The van der Waals surface area contributed by atoms with Crippen LogP contribution in [0.25, 0.3) is 0 Å². The van der Waals surface area contributed by atoms with Gasteiger partial charge in [0.05, 0.1) is 6.33 Å². The van der Waals surface area contributed by atoms with Crippen LogP contribution in [0.3, 0.4) is 0 Å². The fourth-order valence-corrected chi connectivity index (χ4v) is 0.897. The van der Waals surface area contributed by atoms with E-state index in [1.165, 1.54) is 17.1 Å². The smallest absolute Gasteiger partial charge is 0.419 e. The predicted molar refractivity (Wildman–Crippen MR) is 62.4 cm³/mol. The molecular formula is C11H16N4O2. The molecule has 17 heavy (non-hydrogen) atoms. The van der Waals surface area contributed by atoms with Gasteiger partial charge in [-0.3, -0.25) is 0 Å². The number of nitrogens with one attached hydrogen (secondary N) is 1. The standard InChI is InChI=1S/C8H12N2O2.C3H4N2/c1-8(2,3)12-7(11)10-5-4-9-6-10;1-2-5-3-4-1/h4-6H,1-3H3;1-3H,(H,4,5). The second kappa shape index (κ2) is 5.83. The number of carbonyl (C=O) groups excluding carboxylic acids is 1. The zero-order chi connectivity index (χ0) is 12.7. The highest BCUT2D eigenvalue weighted by Gasteiger charge is 2.16. The maximum atomic E-state index is 11.2. The lowest BCUT2D eigenvalue weighted by Crippen LogP contribution is -2.26. The van der Waals surface area contributed by atoms with Crippen LogP contribution >= 0.6 is 0 Å². The molecule has 0 saturated carbocycles. The molecule has 6 heteroatoms. The van der Waals surface area contributed by atoms with E-state index >= 15 is 0 Å². The fraction of sp³-hybridized carbons (Fsp3) is 0.364. The summed E-state index contributed by atoms with van der Waals surface area (Å²) in [7, 11) is 0. The monoisotopic (exact) mass is 236 g/mol. The summed E-state index contributed by atoms with van der Waals surface area (Å²) in [4.78, 5) is 21.4. The number of ether oxygens (including phenoxy) is 1. The summed E-state index contributed by atoms with van der Waals surface area (Å²) < 4.78 is 6.36. The van der Waals surface area contributed by atoms with Gasteiger partial charge in [-0.05, 0) is 20.8 Å². The minimum atomic E-state index is -0.457. The van der Waals surface area contributed by atoms with Crippen LogP contribution in [0.15, 0.2) is 37.4 Å². The molecule has 0 saturated heterocycles. The Morgan fingerprint density at radius 1 is 1.29 bits per heavy atom. The van der Waals surface area contributed by atoms with E-state index in [0.29, 0.717) is 0 Å². The molecule has 6 nitrogen and oxygen atoms in total. The lowest BCUT2D eigenvalue weighted by atomic mass is 10.2. The van der Waals surface area contributed by atoms with Crippen molar-refractivity contribution in [2.24, 2.45) is 0 Å². The Hall–Kier alpha value is -2.11. The van der Waals surface area contributed by atoms with Gasteiger partial charge in [-0.1, -0.05) is 0 Å². The quantitative estimate of drug-likeness (QED) is 0.760. The number of aromatic nitrogens is 4. The second-order valence-corrected chi connectivity index (χ2v) is 4.21. The fourth-order valence-electron chi connectivity index (χ4n) is 0.897. The molecular weight excluding hydrogens is 220 g/mol. The maximum Gasteiger partial charge on any atom is 0.419 e. The van der Waals surface area contributed by atoms with E-state index in [2.05, 4.69) is 15.0 Å². The van der Waals surface area contributed by atoms with E-state index in [1.807, 2.05) is 20.8 Å². The van der Waals surface area contributed by atoms with E-state index in [9.17, 15) is 4.79 Å². The molecule has 2 aromatic rings. The lowest BCUT2D eigenvalue weighted by molar-refractivity contribution is 0.0536. The number of carbonyl (C=O) groups is 1. The minimum Gasteiger partial charge on any atom is -0.443 e. The molecule has 0 unspecified atom stereocenters.